The maximum atomic E-state index is 13.6. The van der Waals surface area contributed by atoms with Crippen LogP contribution in [0, 0.1) is 5.82 Å². The summed E-state index contributed by atoms with van der Waals surface area (Å²) in [4.78, 5) is 24.1. The van der Waals surface area contributed by atoms with Gasteiger partial charge in [-0.05, 0) is 73.2 Å². The highest BCUT2D eigenvalue weighted by Crippen LogP contribution is 2.17. The summed E-state index contributed by atoms with van der Waals surface area (Å²) in [6.07, 6.45) is 0.661. The Labute approximate surface area is 183 Å². The van der Waals surface area contributed by atoms with Crippen molar-refractivity contribution in [2.45, 2.75) is 13.0 Å². The smallest absolute Gasteiger partial charge is 0.346 e. The van der Waals surface area contributed by atoms with E-state index in [0.717, 1.165) is 0 Å². The Balaban J connectivity index is 1.51. The van der Waals surface area contributed by atoms with Crippen LogP contribution in [0.4, 0.5) is 4.39 Å². The van der Waals surface area contributed by atoms with Gasteiger partial charge in [-0.25, -0.2) is 14.6 Å². The number of esters is 1. The highest BCUT2D eigenvalue weighted by atomic mass is 35.5. The lowest BCUT2D eigenvalue weighted by Gasteiger charge is -2.12. The molecule has 0 aliphatic rings. The summed E-state index contributed by atoms with van der Waals surface area (Å²) in [7, 11) is 0. The number of amides is 1. The molecule has 6 nitrogen and oxygen atoms in total. The van der Waals surface area contributed by atoms with Crippen LogP contribution < -0.4 is 14.9 Å². The number of nitrogens with one attached hydrogen (secondary N) is 1. The van der Waals surface area contributed by atoms with E-state index in [9.17, 15) is 14.0 Å². The minimum absolute atomic E-state index is 0.147. The van der Waals surface area contributed by atoms with Crippen LogP contribution in [0.15, 0.2) is 77.9 Å². The zero-order valence-corrected chi connectivity index (χ0v) is 17.2. The van der Waals surface area contributed by atoms with Gasteiger partial charge in [0, 0.05) is 5.02 Å². The summed E-state index contributed by atoms with van der Waals surface area (Å²) in [5, 5.41) is 4.46. The fraction of sp³-hybridized carbons (Fsp3) is 0.0870. The van der Waals surface area contributed by atoms with Crippen LogP contribution >= 0.6 is 11.6 Å². The topological polar surface area (TPSA) is 77.0 Å². The van der Waals surface area contributed by atoms with Crippen LogP contribution in [0.3, 0.4) is 0 Å². The van der Waals surface area contributed by atoms with Crippen molar-refractivity contribution in [1.29, 1.82) is 0 Å². The monoisotopic (exact) mass is 440 g/mol. The third-order valence-electron chi connectivity index (χ3n) is 4.07. The molecule has 1 atom stereocenters. The zero-order chi connectivity index (χ0) is 22.2. The number of ether oxygens (including phenoxy) is 2. The number of halogens is 2. The van der Waals surface area contributed by atoms with E-state index in [4.69, 9.17) is 21.1 Å². The molecule has 8 heteroatoms. The Morgan fingerprint density at radius 3 is 2.32 bits per heavy atom. The molecule has 3 aromatic rings. The van der Waals surface area contributed by atoms with Crippen molar-refractivity contribution in [3.05, 3.63) is 94.8 Å². The Bertz CT molecular complexity index is 1090. The number of hydrogen-bond donors (Lipinski definition) is 1. The van der Waals surface area contributed by atoms with Crippen LogP contribution in [0.5, 0.6) is 11.5 Å². The Morgan fingerprint density at radius 1 is 1.00 bits per heavy atom. The summed E-state index contributed by atoms with van der Waals surface area (Å²) in [5.74, 6) is -1.11. The van der Waals surface area contributed by atoms with Gasteiger partial charge >= 0.3 is 5.97 Å². The molecule has 0 saturated carbocycles. The minimum atomic E-state index is -0.790. The molecule has 3 aromatic carbocycles. The first kappa shape index (κ1) is 22.0. The molecule has 0 spiro atoms. The molecule has 0 aliphatic carbocycles. The fourth-order valence-corrected chi connectivity index (χ4v) is 2.57. The first-order chi connectivity index (χ1) is 14.9. The van der Waals surface area contributed by atoms with Gasteiger partial charge in [0.1, 0.15) is 17.3 Å². The number of benzene rings is 3. The van der Waals surface area contributed by atoms with Crippen LogP contribution in [0.25, 0.3) is 0 Å². The van der Waals surface area contributed by atoms with Crippen molar-refractivity contribution < 1.29 is 23.5 Å². The van der Waals surface area contributed by atoms with Crippen molar-refractivity contribution >= 4 is 29.7 Å². The van der Waals surface area contributed by atoms with Crippen molar-refractivity contribution in [2.75, 3.05) is 0 Å². The van der Waals surface area contributed by atoms with E-state index in [2.05, 4.69) is 10.5 Å². The highest BCUT2D eigenvalue weighted by Gasteiger charge is 2.14. The molecule has 0 saturated heterocycles. The lowest BCUT2D eigenvalue weighted by Crippen LogP contribution is -2.33. The van der Waals surface area contributed by atoms with Gasteiger partial charge in [-0.3, -0.25) is 4.79 Å². The molecule has 0 aromatic heterocycles. The summed E-state index contributed by atoms with van der Waals surface area (Å²) in [5.41, 5.74) is 2.89. The number of nitrogens with zero attached hydrogens (tertiary/aromatic N) is 1. The number of hydrogen-bond acceptors (Lipinski definition) is 5. The average Bonchev–Trinajstić information content (AvgIpc) is 2.76. The van der Waals surface area contributed by atoms with E-state index in [-0.39, 0.29) is 11.3 Å². The van der Waals surface area contributed by atoms with Crippen molar-refractivity contribution in [2.24, 2.45) is 5.10 Å². The molecule has 158 valence electrons. The molecule has 3 rings (SSSR count). The van der Waals surface area contributed by atoms with E-state index in [1.807, 2.05) is 0 Å². The Hall–Kier alpha value is -3.71. The SMILES string of the molecule is C[C@H](Oc1ccc(Cl)cc1)C(=O)N/N=C\c1ccc(OC(=O)c2ccccc2F)cc1. The van der Waals surface area contributed by atoms with Crippen molar-refractivity contribution in [1.82, 2.24) is 5.43 Å². The van der Waals surface area contributed by atoms with Gasteiger partial charge in [0.15, 0.2) is 6.10 Å². The normalized spacial score (nSPS) is 11.7. The van der Waals surface area contributed by atoms with E-state index in [1.54, 1.807) is 49.4 Å². The minimum Gasteiger partial charge on any atom is -0.481 e. The van der Waals surface area contributed by atoms with Crippen molar-refractivity contribution in [3.8, 4) is 11.5 Å². The van der Waals surface area contributed by atoms with E-state index in [1.165, 1.54) is 36.5 Å². The van der Waals surface area contributed by atoms with Gasteiger partial charge in [0.25, 0.3) is 5.91 Å². The van der Waals surface area contributed by atoms with Gasteiger partial charge in [0.05, 0.1) is 11.8 Å². The zero-order valence-electron chi connectivity index (χ0n) is 16.4. The molecule has 1 amide bonds. The summed E-state index contributed by atoms with van der Waals surface area (Å²) < 4.78 is 24.3. The Morgan fingerprint density at radius 2 is 1.65 bits per heavy atom. The summed E-state index contributed by atoms with van der Waals surface area (Å²) in [6.45, 7) is 1.60. The van der Waals surface area contributed by atoms with Gasteiger partial charge in [0.2, 0.25) is 0 Å². The molecule has 0 fully saturated rings. The lowest BCUT2D eigenvalue weighted by molar-refractivity contribution is -0.127. The molecule has 31 heavy (non-hydrogen) atoms. The third kappa shape index (κ3) is 6.38. The molecule has 0 bridgehead atoms. The molecule has 0 aliphatic heterocycles. The lowest BCUT2D eigenvalue weighted by atomic mass is 10.2. The number of carbonyl (C=O) groups is 2. The van der Waals surface area contributed by atoms with Crippen molar-refractivity contribution in [3.63, 3.8) is 0 Å². The second-order valence-corrected chi connectivity index (χ2v) is 6.82. The quantitative estimate of drug-likeness (QED) is 0.252. The molecule has 1 N–H and O–H groups in total. The first-order valence-corrected chi connectivity index (χ1v) is 9.62. The van der Waals surface area contributed by atoms with Gasteiger partial charge in [-0.1, -0.05) is 23.7 Å². The fourth-order valence-electron chi connectivity index (χ4n) is 2.44. The second kappa shape index (κ2) is 10.4. The van der Waals surface area contributed by atoms with E-state index in [0.29, 0.717) is 16.3 Å². The maximum Gasteiger partial charge on any atom is 0.346 e. The standard InChI is InChI=1S/C23H18ClFN2O4/c1-15(30-18-12-8-17(24)9-13-18)22(28)27-26-14-16-6-10-19(11-7-16)31-23(29)20-4-2-3-5-21(20)25/h2-15H,1H3,(H,27,28)/b26-14-/t15-/m0/s1. The average molecular weight is 441 g/mol. The van der Waals surface area contributed by atoms with Crippen LogP contribution in [-0.4, -0.2) is 24.2 Å². The predicted molar refractivity (Wildman–Crippen MR) is 115 cm³/mol. The van der Waals surface area contributed by atoms with Gasteiger partial charge < -0.3 is 9.47 Å². The largest absolute Gasteiger partial charge is 0.481 e. The molecule has 0 heterocycles. The third-order valence-corrected chi connectivity index (χ3v) is 4.32. The highest BCUT2D eigenvalue weighted by molar-refractivity contribution is 6.30. The van der Waals surface area contributed by atoms with E-state index < -0.39 is 23.8 Å². The second-order valence-electron chi connectivity index (χ2n) is 6.39. The van der Waals surface area contributed by atoms with Crippen LogP contribution in [-0.2, 0) is 4.79 Å². The molecular weight excluding hydrogens is 423 g/mol. The van der Waals surface area contributed by atoms with E-state index >= 15 is 0 Å². The number of rotatable bonds is 7. The summed E-state index contributed by atoms with van der Waals surface area (Å²) in [6, 6.07) is 18.6. The van der Waals surface area contributed by atoms with Gasteiger partial charge in [-0.15, -0.1) is 0 Å². The maximum absolute atomic E-state index is 13.6. The Kier molecular flexibility index (Phi) is 7.35. The van der Waals surface area contributed by atoms with Crippen LogP contribution in [0.2, 0.25) is 5.02 Å². The molecular formula is C23H18ClFN2O4. The van der Waals surface area contributed by atoms with Gasteiger partial charge in [-0.2, -0.15) is 5.10 Å². The first-order valence-electron chi connectivity index (χ1n) is 9.24. The number of carbonyl (C=O) groups excluding carboxylic acids is 2. The predicted octanol–water partition coefficient (Wildman–Crippen LogP) is 4.62. The molecule has 0 radical (unpaired) electrons. The summed E-state index contributed by atoms with van der Waals surface area (Å²) >= 11 is 5.81. The molecule has 0 unspecified atom stereocenters. The number of hydrazone groups is 1. The van der Waals surface area contributed by atoms with Crippen LogP contribution in [0.1, 0.15) is 22.8 Å².